The number of hydrogen-bond donors (Lipinski definition) is 1. The number of benzene rings is 1. The summed E-state index contributed by atoms with van der Waals surface area (Å²) in [5, 5.41) is 4.14. The summed E-state index contributed by atoms with van der Waals surface area (Å²) >= 11 is 7.63. The third-order valence-corrected chi connectivity index (χ3v) is 5.20. The van der Waals surface area contributed by atoms with Crippen LogP contribution in [-0.4, -0.2) is 24.9 Å². The van der Waals surface area contributed by atoms with Crippen molar-refractivity contribution >= 4 is 39.6 Å². The number of amides is 1. The van der Waals surface area contributed by atoms with Crippen molar-refractivity contribution in [2.24, 2.45) is 0 Å². The Balaban J connectivity index is 2.06. The van der Waals surface area contributed by atoms with E-state index in [1.165, 1.54) is 11.3 Å². The van der Waals surface area contributed by atoms with E-state index in [1.54, 1.807) is 29.2 Å². The van der Waals surface area contributed by atoms with Gasteiger partial charge in [0.05, 0.1) is 23.8 Å². The molecule has 2 heterocycles. The third-order valence-electron chi connectivity index (χ3n) is 3.57. The monoisotopic (exact) mass is 334 g/mol. The lowest BCUT2D eigenvalue weighted by Gasteiger charge is -2.14. The molecule has 0 unspecified atom stereocenters. The summed E-state index contributed by atoms with van der Waals surface area (Å²) in [5.74, 6) is -0.158. The molecule has 0 spiro atoms. The number of anilines is 1. The van der Waals surface area contributed by atoms with Gasteiger partial charge >= 0.3 is 0 Å². The van der Waals surface area contributed by atoms with Gasteiger partial charge in [-0.25, -0.2) is 0 Å². The van der Waals surface area contributed by atoms with Crippen LogP contribution in [0.4, 0.5) is 5.00 Å². The minimum atomic E-state index is -0.142. The van der Waals surface area contributed by atoms with Crippen molar-refractivity contribution in [2.45, 2.75) is 13.3 Å². The van der Waals surface area contributed by atoms with E-state index in [4.69, 9.17) is 11.6 Å². The fraction of sp³-hybridized carbons (Fsp3) is 0.250. The Morgan fingerprint density at radius 2 is 2.14 bits per heavy atom. The number of thiophene rings is 1. The second kappa shape index (κ2) is 6.20. The highest BCUT2D eigenvalue weighted by atomic mass is 35.5. The Morgan fingerprint density at radius 1 is 1.36 bits per heavy atom. The van der Waals surface area contributed by atoms with Crippen molar-refractivity contribution in [3.8, 4) is 0 Å². The van der Waals surface area contributed by atoms with Gasteiger partial charge in [-0.1, -0.05) is 30.7 Å². The van der Waals surface area contributed by atoms with Crippen LogP contribution in [0, 0.1) is 0 Å². The van der Waals surface area contributed by atoms with Crippen LogP contribution in [0.3, 0.4) is 0 Å². The summed E-state index contributed by atoms with van der Waals surface area (Å²) in [6, 6.07) is 8.86. The van der Waals surface area contributed by atoms with E-state index in [0.717, 1.165) is 11.3 Å². The molecule has 0 bridgehead atoms. The average Bonchev–Trinajstić information content (AvgIpc) is 3.12. The quantitative estimate of drug-likeness (QED) is 0.874. The van der Waals surface area contributed by atoms with Gasteiger partial charge in [0.2, 0.25) is 5.91 Å². The first-order valence-electron chi connectivity index (χ1n) is 7.04. The van der Waals surface area contributed by atoms with Gasteiger partial charge < -0.3 is 0 Å². The number of carbonyl (C=O) groups is 2. The molecule has 0 saturated carbocycles. The van der Waals surface area contributed by atoms with Gasteiger partial charge in [0.15, 0.2) is 5.78 Å². The molecule has 1 aromatic carbocycles. The third kappa shape index (κ3) is 2.67. The van der Waals surface area contributed by atoms with Crippen LogP contribution in [0.1, 0.15) is 27.7 Å². The number of nitrogens with one attached hydrogen (secondary N) is 1. The van der Waals surface area contributed by atoms with Crippen LogP contribution < -0.4 is 10.2 Å². The molecule has 1 fully saturated rings. The zero-order valence-electron chi connectivity index (χ0n) is 12.1. The summed E-state index contributed by atoms with van der Waals surface area (Å²) in [7, 11) is 0. The van der Waals surface area contributed by atoms with E-state index < -0.39 is 0 Å². The van der Waals surface area contributed by atoms with Gasteiger partial charge in [-0.3, -0.25) is 19.8 Å². The molecular formula is C16H15ClN2O2S. The largest absolute Gasteiger partial charge is 0.291 e. The zero-order valence-corrected chi connectivity index (χ0v) is 13.6. The van der Waals surface area contributed by atoms with Crippen molar-refractivity contribution in [1.82, 2.24) is 5.32 Å². The molecule has 1 aromatic heterocycles. The second-order valence-corrected chi connectivity index (χ2v) is 6.52. The average molecular weight is 335 g/mol. The number of hydrogen-bond acceptors (Lipinski definition) is 4. The molecule has 1 aliphatic heterocycles. The lowest BCUT2D eigenvalue weighted by atomic mass is 10.0. The number of ketones is 1. The molecule has 1 aliphatic rings. The second-order valence-electron chi connectivity index (χ2n) is 5.00. The van der Waals surface area contributed by atoms with E-state index in [-0.39, 0.29) is 11.7 Å². The standard InChI is InChI=1S/C16H15ClN2O2S/c1-2-10-7-12(15(21)11-5-3-4-6-13(11)17)16(22-10)19-9-18-8-14(19)20/h3-7,18H,2,8-9H2,1H3. The van der Waals surface area contributed by atoms with Gasteiger partial charge in [0.25, 0.3) is 0 Å². The topological polar surface area (TPSA) is 49.4 Å². The number of carbonyl (C=O) groups excluding carboxylic acids is 2. The van der Waals surface area contributed by atoms with Crippen LogP contribution in [0.25, 0.3) is 0 Å². The SMILES string of the molecule is CCc1cc(C(=O)c2ccccc2Cl)c(N2CNCC2=O)s1. The van der Waals surface area contributed by atoms with Crippen LogP contribution in [0.5, 0.6) is 0 Å². The van der Waals surface area contributed by atoms with Crippen LogP contribution in [-0.2, 0) is 11.2 Å². The maximum absolute atomic E-state index is 12.8. The molecule has 1 amide bonds. The highest BCUT2D eigenvalue weighted by Gasteiger charge is 2.28. The molecule has 0 atom stereocenters. The maximum atomic E-state index is 12.8. The summed E-state index contributed by atoms with van der Waals surface area (Å²) in [6.07, 6.45) is 0.822. The fourth-order valence-corrected chi connectivity index (χ4v) is 3.73. The molecule has 22 heavy (non-hydrogen) atoms. The molecule has 0 radical (unpaired) electrons. The fourth-order valence-electron chi connectivity index (χ4n) is 2.40. The van der Waals surface area contributed by atoms with Gasteiger partial charge in [-0.05, 0) is 24.6 Å². The van der Waals surface area contributed by atoms with Crippen LogP contribution in [0.2, 0.25) is 5.02 Å². The van der Waals surface area contributed by atoms with E-state index in [1.807, 2.05) is 13.0 Å². The molecule has 2 aromatic rings. The van der Waals surface area contributed by atoms with Gasteiger partial charge in [0.1, 0.15) is 5.00 Å². The lowest BCUT2D eigenvalue weighted by Crippen LogP contribution is -2.26. The Labute approximate surface area is 137 Å². The summed E-state index contributed by atoms with van der Waals surface area (Å²) in [6.45, 7) is 2.77. The van der Waals surface area contributed by atoms with Crippen LogP contribution in [0.15, 0.2) is 30.3 Å². The minimum absolute atomic E-state index is 0.0160. The molecular weight excluding hydrogens is 320 g/mol. The Bertz CT molecular complexity index is 741. The number of nitrogens with zero attached hydrogens (tertiary/aromatic N) is 1. The number of halogens is 1. The predicted molar refractivity (Wildman–Crippen MR) is 88.9 cm³/mol. The first kappa shape index (κ1) is 15.2. The van der Waals surface area contributed by atoms with Gasteiger partial charge in [0, 0.05) is 10.4 Å². The first-order valence-corrected chi connectivity index (χ1v) is 8.24. The maximum Gasteiger partial charge on any atom is 0.242 e. The molecule has 1 saturated heterocycles. The predicted octanol–water partition coefficient (Wildman–Crippen LogP) is 3.09. The first-order chi connectivity index (χ1) is 10.6. The lowest BCUT2D eigenvalue weighted by molar-refractivity contribution is -0.116. The highest BCUT2D eigenvalue weighted by molar-refractivity contribution is 7.16. The number of aryl methyl sites for hydroxylation is 1. The highest BCUT2D eigenvalue weighted by Crippen LogP contribution is 2.35. The molecule has 0 aliphatic carbocycles. The summed E-state index contributed by atoms with van der Waals surface area (Å²) in [4.78, 5) is 27.5. The molecule has 114 valence electrons. The zero-order chi connectivity index (χ0) is 15.7. The molecule has 3 rings (SSSR count). The number of rotatable bonds is 4. The molecule has 1 N–H and O–H groups in total. The van der Waals surface area contributed by atoms with Gasteiger partial charge in [-0.15, -0.1) is 11.3 Å². The van der Waals surface area contributed by atoms with Crippen molar-refractivity contribution in [3.63, 3.8) is 0 Å². The molecule has 6 heteroatoms. The van der Waals surface area contributed by atoms with E-state index in [2.05, 4.69) is 5.32 Å². The summed E-state index contributed by atoms with van der Waals surface area (Å²) in [5.41, 5.74) is 1.01. The van der Waals surface area contributed by atoms with Crippen molar-refractivity contribution < 1.29 is 9.59 Å². The van der Waals surface area contributed by atoms with Crippen molar-refractivity contribution in [1.29, 1.82) is 0 Å². The van der Waals surface area contributed by atoms with Gasteiger partial charge in [-0.2, -0.15) is 0 Å². The minimum Gasteiger partial charge on any atom is -0.291 e. The Hall–Kier alpha value is -1.69. The Morgan fingerprint density at radius 3 is 2.77 bits per heavy atom. The molecule has 4 nitrogen and oxygen atoms in total. The van der Waals surface area contributed by atoms with Crippen molar-refractivity contribution in [2.75, 3.05) is 18.1 Å². The smallest absolute Gasteiger partial charge is 0.242 e. The van der Waals surface area contributed by atoms with Crippen LogP contribution >= 0.6 is 22.9 Å². The Kier molecular flexibility index (Phi) is 4.29. The summed E-state index contributed by atoms with van der Waals surface area (Å²) < 4.78 is 0. The van der Waals surface area contributed by atoms with E-state index in [0.29, 0.717) is 34.4 Å². The van der Waals surface area contributed by atoms with E-state index in [9.17, 15) is 9.59 Å². The normalized spacial score (nSPS) is 14.6. The van der Waals surface area contributed by atoms with E-state index >= 15 is 0 Å². The van der Waals surface area contributed by atoms with Crippen molar-refractivity contribution in [3.05, 3.63) is 51.4 Å².